The number of rotatable bonds is 3. The number of aliphatic carboxylic acids is 1. The number of nitrogens with zero attached hydrogens (tertiary/aromatic N) is 2. The molecule has 0 bridgehead atoms. The number of halogens is 1. The van der Waals surface area contributed by atoms with E-state index in [1.165, 1.54) is 4.57 Å². The lowest BCUT2D eigenvalue weighted by molar-refractivity contribution is -0.137. The number of carbonyl (C=O) groups excluding carboxylic acids is 2. The summed E-state index contributed by atoms with van der Waals surface area (Å²) in [5, 5.41) is 13.1. The standard InChI is InChI=1S/C23H20ClN3O5/c24-14-5-6-15-16(12-27(13-20(28)29)19(15)11-14)21(30)26-9-7-23(8-10-26)17-3-1-2-4-18(17)25-22(31)32-23/h1-6,11-12H,7-10,13H2,(H,25,31)(H,28,29). The average molecular weight is 454 g/mol. The van der Waals surface area contributed by atoms with E-state index in [1.807, 2.05) is 24.3 Å². The van der Waals surface area contributed by atoms with Crippen molar-refractivity contribution in [2.75, 3.05) is 18.4 Å². The van der Waals surface area contributed by atoms with Crippen LogP contribution in [0, 0.1) is 0 Å². The van der Waals surface area contributed by atoms with Crippen molar-refractivity contribution >= 4 is 46.2 Å². The lowest BCUT2D eigenvalue weighted by atomic mass is 9.82. The van der Waals surface area contributed by atoms with Crippen molar-refractivity contribution in [2.45, 2.75) is 25.0 Å². The number of likely N-dealkylation sites (tertiary alicyclic amines) is 1. The summed E-state index contributed by atoms with van der Waals surface area (Å²) in [6, 6.07) is 12.6. The Hall–Kier alpha value is -3.52. The molecule has 0 unspecified atom stereocenters. The maximum Gasteiger partial charge on any atom is 0.412 e. The number of nitrogens with one attached hydrogen (secondary N) is 1. The number of aromatic nitrogens is 1. The maximum atomic E-state index is 13.4. The summed E-state index contributed by atoms with van der Waals surface area (Å²) in [7, 11) is 0. The van der Waals surface area contributed by atoms with E-state index in [0.29, 0.717) is 47.4 Å². The molecule has 1 saturated heterocycles. The molecule has 164 valence electrons. The normalized spacial score (nSPS) is 17.0. The van der Waals surface area contributed by atoms with Crippen molar-refractivity contribution in [3.63, 3.8) is 0 Å². The number of hydrogen-bond donors (Lipinski definition) is 2. The van der Waals surface area contributed by atoms with Crippen LogP contribution in [0.1, 0.15) is 28.8 Å². The topological polar surface area (TPSA) is 101 Å². The molecule has 0 saturated carbocycles. The molecular formula is C23H20ClN3O5. The van der Waals surface area contributed by atoms with Crippen molar-refractivity contribution in [3.05, 3.63) is 64.8 Å². The van der Waals surface area contributed by atoms with Crippen LogP contribution < -0.4 is 5.32 Å². The second-order valence-electron chi connectivity index (χ2n) is 8.07. The van der Waals surface area contributed by atoms with Gasteiger partial charge in [-0.25, -0.2) is 4.79 Å². The Morgan fingerprint density at radius 2 is 1.91 bits per heavy atom. The van der Waals surface area contributed by atoms with Crippen LogP contribution in [0.15, 0.2) is 48.7 Å². The number of anilines is 1. The van der Waals surface area contributed by atoms with Gasteiger partial charge in [-0.05, 0) is 18.2 Å². The molecule has 8 nitrogen and oxygen atoms in total. The smallest absolute Gasteiger partial charge is 0.412 e. The number of ether oxygens (including phenoxy) is 1. The fourth-order valence-electron chi connectivity index (χ4n) is 4.68. The van der Waals surface area contributed by atoms with Gasteiger partial charge in [0.15, 0.2) is 0 Å². The third-order valence-electron chi connectivity index (χ3n) is 6.18. The fraction of sp³-hybridized carbons (Fsp3) is 0.261. The van der Waals surface area contributed by atoms with Gasteiger partial charge in [0.1, 0.15) is 12.1 Å². The van der Waals surface area contributed by atoms with Crippen LogP contribution in [0.2, 0.25) is 5.02 Å². The first kappa shape index (κ1) is 20.4. The molecule has 9 heteroatoms. The minimum Gasteiger partial charge on any atom is -0.480 e. The molecule has 1 spiro atoms. The molecule has 2 aliphatic heterocycles. The van der Waals surface area contributed by atoms with E-state index in [2.05, 4.69) is 5.32 Å². The number of fused-ring (bicyclic) bond motifs is 3. The highest BCUT2D eigenvalue weighted by Crippen LogP contribution is 2.43. The predicted molar refractivity (Wildman–Crippen MR) is 118 cm³/mol. The van der Waals surface area contributed by atoms with E-state index in [1.54, 1.807) is 29.3 Å². The lowest BCUT2D eigenvalue weighted by Gasteiger charge is -2.44. The third kappa shape index (κ3) is 3.36. The quantitative estimate of drug-likeness (QED) is 0.622. The van der Waals surface area contributed by atoms with E-state index in [0.717, 1.165) is 11.3 Å². The second-order valence-corrected chi connectivity index (χ2v) is 8.51. The van der Waals surface area contributed by atoms with Crippen LogP contribution in [-0.4, -0.2) is 45.6 Å². The minimum absolute atomic E-state index is 0.190. The number of benzene rings is 2. The average Bonchev–Trinajstić information content (AvgIpc) is 3.10. The van der Waals surface area contributed by atoms with Gasteiger partial charge in [0, 0.05) is 48.1 Å². The van der Waals surface area contributed by atoms with Gasteiger partial charge in [-0.2, -0.15) is 0 Å². The molecule has 1 aromatic heterocycles. The van der Waals surface area contributed by atoms with Crippen LogP contribution in [-0.2, 0) is 21.7 Å². The number of hydrogen-bond acceptors (Lipinski definition) is 4. The molecule has 1 fully saturated rings. The predicted octanol–water partition coefficient (Wildman–Crippen LogP) is 4.07. The van der Waals surface area contributed by atoms with Gasteiger partial charge in [-0.15, -0.1) is 0 Å². The molecule has 2 aliphatic rings. The highest BCUT2D eigenvalue weighted by atomic mass is 35.5. The van der Waals surface area contributed by atoms with Crippen LogP contribution in [0.5, 0.6) is 0 Å². The Morgan fingerprint density at radius 1 is 1.16 bits per heavy atom. The molecule has 2 amide bonds. The van der Waals surface area contributed by atoms with E-state index in [4.69, 9.17) is 16.3 Å². The van der Waals surface area contributed by atoms with E-state index in [-0.39, 0.29) is 12.5 Å². The second kappa shape index (κ2) is 7.56. The Bertz CT molecular complexity index is 1260. The third-order valence-corrected chi connectivity index (χ3v) is 6.42. The Balaban J connectivity index is 1.43. The summed E-state index contributed by atoms with van der Waals surface area (Å²) in [6.07, 6.45) is 2.03. The summed E-state index contributed by atoms with van der Waals surface area (Å²) < 4.78 is 7.26. The number of piperidine rings is 1. The number of para-hydroxylation sites is 1. The van der Waals surface area contributed by atoms with Crippen molar-refractivity contribution in [2.24, 2.45) is 0 Å². The molecule has 0 radical (unpaired) electrons. The molecule has 0 atom stereocenters. The van der Waals surface area contributed by atoms with Gasteiger partial charge in [0.05, 0.1) is 16.8 Å². The van der Waals surface area contributed by atoms with Gasteiger partial charge in [-0.1, -0.05) is 35.9 Å². The molecule has 0 aliphatic carbocycles. The number of amides is 2. The molecule has 5 rings (SSSR count). The monoisotopic (exact) mass is 453 g/mol. The zero-order valence-corrected chi connectivity index (χ0v) is 17.8. The Labute approximate surface area is 188 Å². The number of carboxylic acids is 1. The highest BCUT2D eigenvalue weighted by Gasteiger charge is 2.45. The van der Waals surface area contributed by atoms with Gasteiger partial charge in [-0.3, -0.25) is 14.9 Å². The van der Waals surface area contributed by atoms with Crippen molar-refractivity contribution in [1.29, 1.82) is 0 Å². The first-order valence-electron chi connectivity index (χ1n) is 10.3. The van der Waals surface area contributed by atoms with E-state index in [9.17, 15) is 19.5 Å². The molecular weight excluding hydrogens is 434 g/mol. The minimum atomic E-state index is -1.01. The Kier molecular flexibility index (Phi) is 4.82. The summed E-state index contributed by atoms with van der Waals surface area (Å²) >= 11 is 6.10. The molecule has 3 heterocycles. The number of carbonyl (C=O) groups is 3. The van der Waals surface area contributed by atoms with Crippen molar-refractivity contribution in [3.8, 4) is 0 Å². The molecule has 2 aromatic carbocycles. The van der Waals surface area contributed by atoms with E-state index < -0.39 is 17.7 Å². The maximum absolute atomic E-state index is 13.4. The zero-order valence-electron chi connectivity index (χ0n) is 17.0. The van der Waals surface area contributed by atoms with Gasteiger partial charge < -0.3 is 19.3 Å². The fourth-order valence-corrected chi connectivity index (χ4v) is 4.85. The molecule has 32 heavy (non-hydrogen) atoms. The largest absolute Gasteiger partial charge is 0.480 e. The Morgan fingerprint density at radius 3 is 2.66 bits per heavy atom. The SMILES string of the molecule is O=C(O)Cn1cc(C(=O)N2CCC3(CC2)OC(=O)Nc2ccccc23)c2ccc(Cl)cc21. The van der Waals surface area contributed by atoms with Crippen LogP contribution in [0.4, 0.5) is 10.5 Å². The summed E-state index contributed by atoms with van der Waals surface area (Å²) in [5.41, 5.74) is 1.91. The van der Waals surface area contributed by atoms with Crippen LogP contribution in [0.3, 0.4) is 0 Å². The highest BCUT2D eigenvalue weighted by molar-refractivity contribution is 6.31. The van der Waals surface area contributed by atoms with Gasteiger partial charge in [0.25, 0.3) is 5.91 Å². The van der Waals surface area contributed by atoms with Crippen LogP contribution in [0.25, 0.3) is 10.9 Å². The summed E-state index contributed by atoms with van der Waals surface area (Å²) in [6.45, 7) is 0.534. The first-order chi connectivity index (χ1) is 15.4. The summed E-state index contributed by atoms with van der Waals surface area (Å²) in [5.74, 6) is -1.20. The van der Waals surface area contributed by atoms with Gasteiger partial charge in [0.2, 0.25) is 0 Å². The van der Waals surface area contributed by atoms with Crippen molar-refractivity contribution < 1.29 is 24.2 Å². The number of carboxylic acid groups (broad SMARTS) is 1. The molecule has 2 N–H and O–H groups in total. The van der Waals surface area contributed by atoms with Crippen LogP contribution >= 0.6 is 11.6 Å². The molecule has 3 aromatic rings. The lowest BCUT2D eigenvalue weighted by Crippen LogP contribution is -2.49. The van der Waals surface area contributed by atoms with Gasteiger partial charge >= 0.3 is 12.1 Å². The first-order valence-corrected chi connectivity index (χ1v) is 10.6. The van der Waals surface area contributed by atoms with E-state index >= 15 is 0 Å². The zero-order chi connectivity index (χ0) is 22.5. The summed E-state index contributed by atoms with van der Waals surface area (Å²) in [4.78, 5) is 38.5. The van der Waals surface area contributed by atoms with Crippen molar-refractivity contribution in [1.82, 2.24) is 9.47 Å².